The minimum atomic E-state index is -3.62. The fourth-order valence-electron chi connectivity index (χ4n) is 3.14. The molecule has 2 heterocycles. The molecule has 2 aromatic rings. The fraction of sp³-hybridized carbons (Fsp3) is 0.450. The van der Waals surface area contributed by atoms with Gasteiger partial charge >= 0.3 is 0 Å². The van der Waals surface area contributed by atoms with E-state index in [1.807, 2.05) is 19.0 Å². The normalized spacial score (nSPS) is 15.5. The van der Waals surface area contributed by atoms with E-state index in [1.54, 1.807) is 28.8 Å². The average molecular weight is 455 g/mol. The first kappa shape index (κ1) is 22.8. The first-order valence-electron chi connectivity index (χ1n) is 9.72. The summed E-state index contributed by atoms with van der Waals surface area (Å²) in [6, 6.07) is 7.42. The summed E-state index contributed by atoms with van der Waals surface area (Å²) in [4.78, 5) is 19.7. The summed E-state index contributed by atoms with van der Waals surface area (Å²) in [5, 5.41) is 0. The highest BCUT2D eigenvalue weighted by molar-refractivity contribution is 7.99. The second-order valence-electron chi connectivity index (χ2n) is 7.42. The van der Waals surface area contributed by atoms with Crippen molar-refractivity contribution in [1.82, 2.24) is 19.1 Å². The zero-order valence-corrected chi connectivity index (χ0v) is 18.8. The molecule has 0 unspecified atom stereocenters. The van der Waals surface area contributed by atoms with Crippen molar-refractivity contribution in [3.63, 3.8) is 0 Å². The number of nitrogens with zero attached hydrogens (tertiary/aromatic N) is 3. The standard InChI is InChI=1S/C20H27FN4O3S2/c1-23(2)7-8-24(15-16-3-5-17(21)6-4-16)20(26)19-13-18(14-22-19)30(27,28)25-9-11-29-12-10-25/h3-6,13-14,22H,7-12,15H2,1-2H3. The summed E-state index contributed by atoms with van der Waals surface area (Å²) in [6.45, 7) is 2.34. The third-order valence-corrected chi connectivity index (χ3v) is 7.70. The maximum atomic E-state index is 13.2. The van der Waals surface area contributed by atoms with Crippen molar-refractivity contribution in [3.05, 3.63) is 53.6 Å². The molecular weight excluding hydrogens is 427 g/mol. The summed E-state index contributed by atoms with van der Waals surface area (Å²) in [6.07, 6.45) is 1.38. The molecule has 1 aromatic heterocycles. The molecule has 0 saturated carbocycles. The third kappa shape index (κ3) is 5.63. The van der Waals surface area contributed by atoms with Crippen LogP contribution in [0.15, 0.2) is 41.4 Å². The molecule has 0 bridgehead atoms. The maximum absolute atomic E-state index is 13.2. The van der Waals surface area contributed by atoms with Crippen LogP contribution >= 0.6 is 11.8 Å². The van der Waals surface area contributed by atoms with Crippen molar-refractivity contribution in [2.45, 2.75) is 11.4 Å². The van der Waals surface area contributed by atoms with Crippen LogP contribution in [-0.4, -0.2) is 85.2 Å². The second kappa shape index (κ2) is 9.95. The van der Waals surface area contributed by atoms with E-state index >= 15 is 0 Å². The quantitative estimate of drug-likeness (QED) is 0.661. The minimum absolute atomic E-state index is 0.104. The monoisotopic (exact) mass is 454 g/mol. The number of sulfonamides is 1. The van der Waals surface area contributed by atoms with Gasteiger partial charge in [-0.2, -0.15) is 16.1 Å². The summed E-state index contributed by atoms with van der Waals surface area (Å²) in [5.41, 5.74) is 1.02. The van der Waals surface area contributed by atoms with Crippen molar-refractivity contribution in [1.29, 1.82) is 0 Å². The Labute approximate surface area is 181 Å². The van der Waals surface area contributed by atoms with Crippen molar-refractivity contribution >= 4 is 27.7 Å². The first-order chi connectivity index (χ1) is 14.3. The predicted octanol–water partition coefficient (Wildman–Crippen LogP) is 2.10. The predicted molar refractivity (Wildman–Crippen MR) is 117 cm³/mol. The molecule has 1 aliphatic heterocycles. The molecular formula is C20H27FN4O3S2. The number of carbonyl (C=O) groups is 1. The Kier molecular flexibility index (Phi) is 7.56. The van der Waals surface area contributed by atoms with Gasteiger partial charge in [0.25, 0.3) is 5.91 Å². The molecule has 0 aliphatic carbocycles. The van der Waals surface area contributed by atoms with Gasteiger partial charge in [0.05, 0.1) is 0 Å². The Bertz CT molecular complexity index is 955. The lowest BCUT2D eigenvalue weighted by molar-refractivity contribution is 0.0726. The van der Waals surface area contributed by atoms with Gasteiger partial charge in [-0.15, -0.1) is 0 Å². The van der Waals surface area contributed by atoms with E-state index in [1.165, 1.54) is 28.7 Å². The Morgan fingerprint density at radius 1 is 1.17 bits per heavy atom. The molecule has 1 amide bonds. The SMILES string of the molecule is CN(C)CCN(Cc1ccc(F)cc1)C(=O)c1cc(S(=O)(=O)N2CCSCC2)c[nH]1. The Balaban J connectivity index is 1.79. The molecule has 0 atom stereocenters. The van der Waals surface area contributed by atoms with Gasteiger partial charge in [0.2, 0.25) is 10.0 Å². The number of aromatic amines is 1. The number of rotatable bonds is 8. The van der Waals surface area contributed by atoms with E-state index in [4.69, 9.17) is 0 Å². The van der Waals surface area contributed by atoms with Gasteiger partial charge in [0.1, 0.15) is 16.4 Å². The van der Waals surface area contributed by atoms with Crippen LogP contribution in [0.2, 0.25) is 0 Å². The summed E-state index contributed by atoms with van der Waals surface area (Å²) < 4.78 is 40.4. The van der Waals surface area contributed by atoms with E-state index in [0.29, 0.717) is 32.7 Å². The van der Waals surface area contributed by atoms with E-state index in [-0.39, 0.29) is 22.3 Å². The number of halogens is 1. The lowest BCUT2D eigenvalue weighted by Crippen LogP contribution is -2.37. The number of benzene rings is 1. The van der Waals surface area contributed by atoms with Crippen molar-refractivity contribution < 1.29 is 17.6 Å². The van der Waals surface area contributed by atoms with Gasteiger partial charge in [-0.3, -0.25) is 4.79 Å². The molecule has 1 saturated heterocycles. The maximum Gasteiger partial charge on any atom is 0.270 e. The highest BCUT2D eigenvalue weighted by Crippen LogP contribution is 2.21. The number of amides is 1. The molecule has 0 radical (unpaired) electrons. The number of likely N-dealkylation sites (N-methyl/N-ethyl adjacent to an activating group) is 1. The van der Waals surface area contributed by atoms with Gasteiger partial charge in [-0.05, 0) is 37.9 Å². The smallest absolute Gasteiger partial charge is 0.270 e. The van der Waals surface area contributed by atoms with Crippen LogP contribution < -0.4 is 0 Å². The summed E-state index contributed by atoms with van der Waals surface area (Å²) >= 11 is 1.73. The van der Waals surface area contributed by atoms with Crippen LogP contribution in [0.3, 0.4) is 0 Å². The molecule has 1 N–H and O–H groups in total. The van der Waals surface area contributed by atoms with Gasteiger partial charge in [0.15, 0.2) is 0 Å². The molecule has 10 heteroatoms. The molecule has 1 aliphatic rings. The van der Waals surface area contributed by atoms with Gasteiger partial charge in [-0.1, -0.05) is 12.1 Å². The number of nitrogens with one attached hydrogen (secondary N) is 1. The molecule has 7 nitrogen and oxygen atoms in total. The lowest BCUT2D eigenvalue weighted by Gasteiger charge is -2.25. The van der Waals surface area contributed by atoms with Crippen LogP contribution in [0.25, 0.3) is 0 Å². The third-order valence-electron chi connectivity index (χ3n) is 4.89. The van der Waals surface area contributed by atoms with Crippen molar-refractivity contribution in [2.24, 2.45) is 0 Å². The number of thioether (sulfide) groups is 1. The van der Waals surface area contributed by atoms with E-state index in [2.05, 4.69) is 4.98 Å². The molecule has 1 aromatic carbocycles. The fourth-order valence-corrected chi connectivity index (χ4v) is 5.71. The number of carbonyl (C=O) groups excluding carboxylic acids is 1. The zero-order chi connectivity index (χ0) is 21.7. The molecule has 164 valence electrons. The Morgan fingerprint density at radius 2 is 1.83 bits per heavy atom. The average Bonchev–Trinajstić information content (AvgIpc) is 3.24. The number of hydrogen-bond donors (Lipinski definition) is 1. The number of aromatic nitrogens is 1. The Hall–Kier alpha value is -1.88. The number of H-pyrrole nitrogens is 1. The molecule has 0 spiro atoms. The second-order valence-corrected chi connectivity index (χ2v) is 10.6. The highest BCUT2D eigenvalue weighted by Gasteiger charge is 2.28. The Morgan fingerprint density at radius 3 is 2.47 bits per heavy atom. The minimum Gasteiger partial charge on any atom is -0.356 e. The van der Waals surface area contributed by atoms with Crippen LogP contribution in [0.5, 0.6) is 0 Å². The lowest BCUT2D eigenvalue weighted by atomic mass is 10.2. The zero-order valence-electron chi connectivity index (χ0n) is 17.2. The van der Waals surface area contributed by atoms with Crippen LogP contribution in [0.1, 0.15) is 16.1 Å². The molecule has 1 fully saturated rings. The summed E-state index contributed by atoms with van der Waals surface area (Å²) in [5.74, 6) is 0.911. The topological polar surface area (TPSA) is 76.7 Å². The molecule has 3 rings (SSSR count). The van der Waals surface area contributed by atoms with Crippen LogP contribution in [0, 0.1) is 5.82 Å². The molecule has 30 heavy (non-hydrogen) atoms. The largest absolute Gasteiger partial charge is 0.356 e. The van der Waals surface area contributed by atoms with Gasteiger partial charge in [-0.25, -0.2) is 12.8 Å². The number of hydrogen-bond acceptors (Lipinski definition) is 5. The summed E-state index contributed by atoms with van der Waals surface area (Å²) in [7, 11) is 0.205. The van der Waals surface area contributed by atoms with Crippen LogP contribution in [0.4, 0.5) is 4.39 Å². The van der Waals surface area contributed by atoms with E-state index in [9.17, 15) is 17.6 Å². The van der Waals surface area contributed by atoms with Gasteiger partial charge in [0, 0.05) is 50.4 Å². The van der Waals surface area contributed by atoms with Crippen LogP contribution in [-0.2, 0) is 16.6 Å². The van der Waals surface area contributed by atoms with Crippen molar-refractivity contribution in [2.75, 3.05) is 51.8 Å². The first-order valence-corrected chi connectivity index (χ1v) is 12.3. The van der Waals surface area contributed by atoms with E-state index in [0.717, 1.165) is 17.1 Å². The van der Waals surface area contributed by atoms with Crippen molar-refractivity contribution in [3.8, 4) is 0 Å². The van der Waals surface area contributed by atoms with Gasteiger partial charge < -0.3 is 14.8 Å². The highest BCUT2D eigenvalue weighted by atomic mass is 32.2. The van der Waals surface area contributed by atoms with E-state index < -0.39 is 10.0 Å².